The van der Waals surface area contributed by atoms with Crippen LogP contribution in [0.5, 0.6) is 5.75 Å². The molecule has 0 spiro atoms. The number of benzene rings is 1. The highest BCUT2D eigenvalue weighted by Gasteiger charge is 2.19. The van der Waals surface area contributed by atoms with Gasteiger partial charge in [-0.3, -0.25) is 4.98 Å². The summed E-state index contributed by atoms with van der Waals surface area (Å²) in [6.45, 7) is 3.37. The van der Waals surface area contributed by atoms with Crippen LogP contribution in [0.3, 0.4) is 0 Å². The summed E-state index contributed by atoms with van der Waals surface area (Å²) in [5.41, 5.74) is 4.00. The number of hydrogen-bond acceptors (Lipinski definition) is 8. The summed E-state index contributed by atoms with van der Waals surface area (Å²) in [7, 11) is 2.88. The first-order valence-corrected chi connectivity index (χ1v) is 12.0. The molecule has 37 heavy (non-hydrogen) atoms. The summed E-state index contributed by atoms with van der Waals surface area (Å²) in [4.78, 5) is 25.9. The first kappa shape index (κ1) is 25.8. The van der Waals surface area contributed by atoms with E-state index in [9.17, 15) is 4.79 Å². The molecule has 0 saturated heterocycles. The Morgan fingerprint density at radius 3 is 2.51 bits per heavy atom. The van der Waals surface area contributed by atoms with Crippen molar-refractivity contribution in [3.63, 3.8) is 0 Å². The van der Waals surface area contributed by atoms with E-state index in [1.54, 1.807) is 12.4 Å². The van der Waals surface area contributed by atoms with E-state index in [2.05, 4.69) is 10.1 Å². The van der Waals surface area contributed by atoms with E-state index in [4.69, 9.17) is 24.0 Å². The van der Waals surface area contributed by atoms with Gasteiger partial charge in [0.15, 0.2) is 6.10 Å². The number of aromatic nitrogens is 3. The highest BCUT2D eigenvalue weighted by Crippen LogP contribution is 2.18. The molecule has 9 heteroatoms. The lowest BCUT2D eigenvalue weighted by Gasteiger charge is -2.15. The molecule has 3 aromatic heterocycles. The maximum absolute atomic E-state index is 11.9. The van der Waals surface area contributed by atoms with Crippen molar-refractivity contribution in [2.45, 2.75) is 26.0 Å². The molecule has 1 unspecified atom stereocenters. The normalized spacial score (nSPS) is 12.4. The summed E-state index contributed by atoms with van der Waals surface area (Å²) in [6.07, 6.45) is 5.24. The second kappa shape index (κ2) is 12.6. The third kappa shape index (κ3) is 6.50. The van der Waals surface area contributed by atoms with Crippen LogP contribution in [0, 0.1) is 0 Å². The number of methoxy groups -OCH3 is 1. The van der Waals surface area contributed by atoms with Gasteiger partial charge in [-0.15, -0.1) is 0 Å². The smallest absolute Gasteiger partial charge is 0.335 e. The van der Waals surface area contributed by atoms with Crippen LogP contribution in [0.2, 0.25) is 0 Å². The molecular weight excluding hydrogens is 472 g/mol. The molecule has 0 N–H and O–H groups in total. The lowest BCUT2D eigenvalue weighted by molar-refractivity contribution is -0.153. The fraction of sp³-hybridized carbons (Fsp3) is 0.286. The van der Waals surface area contributed by atoms with Gasteiger partial charge in [-0.05, 0) is 55.0 Å². The van der Waals surface area contributed by atoms with Crippen molar-refractivity contribution in [1.29, 1.82) is 0 Å². The minimum Gasteiger partial charge on any atom is -0.492 e. The van der Waals surface area contributed by atoms with Crippen LogP contribution in [0.25, 0.3) is 11.0 Å². The Morgan fingerprint density at radius 2 is 1.81 bits per heavy atom. The van der Waals surface area contributed by atoms with Gasteiger partial charge in [-0.2, -0.15) is 0 Å². The summed E-state index contributed by atoms with van der Waals surface area (Å²) in [5.74, 6) is 0.367. The minimum atomic E-state index is -0.616. The molecule has 0 radical (unpaired) electrons. The van der Waals surface area contributed by atoms with Gasteiger partial charge in [0.25, 0.3) is 0 Å². The van der Waals surface area contributed by atoms with Crippen LogP contribution in [-0.2, 0) is 32.1 Å². The molecule has 0 saturated carbocycles. The predicted molar refractivity (Wildman–Crippen MR) is 140 cm³/mol. The molecule has 0 aliphatic heterocycles. The highest BCUT2D eigenvalue weighted by molar-refractivity contribution is 6.12. The number of nitrogens with zero attached hydrogens (tertiary/aromatic N) is 4. The molecule has 192 valence electrons. The van der Waals surface area contributed by atoms with Gasteiger partial charge in [0.1, 0.15) is 30.8 Å². The number of carbonyl (C=O) groups is 1. The fourth-order valence-electron chi connectivity index (χ4n) is 3.96. The Labute approximate surface area is 215 Å². The van der Waals surface area contributed by atoms with E-state index in [-0.39, 0.29) is 5.97 Å². The Kier molecular flexibility index (Phi) is 8.83. The van der Waals surface area contributed by atoms with Gasteiger partial charge < -0.3 is 23.6 Å². The van der Waals surface area contributed by atoms with Gasteiger partial charge >= 0.3 is 5.97 Å². The average Bonchev–Trinajstić information content (AvgIpc) is 3.34. The molecule has 0 aliphatic rings. The zero-order chi connectivity index (χ0) is 26.0. The zero-order valence-corrected chi connectivity index (χ0v) is 21.2. The molecule has 3 heterocycles. The Morgan fingerprint density at radius 1 is 1.03 bits per heavy atom. The number of hydrogen-bond donors (Lipinski definition) is 0. The van der Waals surface area contributed by atoms with E-state index in [0.29, 0.717) is 37.6 Å². The third-order valence-corrected chi connectivity index (χ3v) is 5.77. The van der Waals surface area contributed by atoms with E-state index < -0.39 is 6.10 Å². The van der Waals surface area contributed by atoms with Crippen molar-refractivity contribution in [3.05, 3.63) is 90.0 Å². The minimum absolute atomic E-state index is 0.376. The van der Waals surface area contributed by atoms with E-state index >= 15 is 0 Å². The molecule has 4 rings (SSSR count). The molecular formula is C28H30N4O5. The van der Waals surface area contributed by atoms with Crippen molar-refractivity contribution in [1.82, 2.24) is 14.5 Å². The van der Waals surface area contributed by atoms with E-state index in [1.165, 1.54) is 14.2 Å². The Bertz CT molecular complexity index is 1340. The van der Waals surface area contributed by atoms with Gasteiger partial charge in [0, 0.05) is 42.6 Å². The van der Waals surface area contributed by atoms with Crippen molar-refractivity contribution < 1.29 is 23.8 Å². The van der Waals surface area contributed by atoms with Crippen LogP contribution in [0.1, 0.15) is 23.7 Å². The second-order valence-corrected chi connectivity index (χ2v) is 8.14. The van der Waals surface area contributed by atoms with Crippen LogP contribution < -0.4 is 4.74 Å². The summed E-state index contributed by atoms with van der Waals surface area (Å²) >= 11 is 0. The lowest BCUT2D eigenvalue weighted by atomic mass is 10.1. The van der Waals surface area contributed by atoms with Crippen molar-refractivity contribution in [3.8, 4) is 5.75 Å². The number of rotatable bonds is 12. The SMILES string of the molecule is CCOC(Cc1ccc(OCCn2ccc3ccc(C(=NOC)c4ccncc4)nc32)cc1)C(=O)OC. The maximum Gasteiger partial charge on any atom is 0.335 e. The van der Waals surface area contributed by atoms with Gasteiger partial charge in [-0.1, -0.05) is 17.3 Å². The number of carbonyl (C=O) groups excluding carboxylic acids is 1. The van der Waals surface area contributed by atoms with Crippen LogP contribution in [0.15, 0.2) is 78.3 Å². The van der Waals surface area contributed by atoms with Crippen LogP contribution in [0.4, 0.5) is 0 Å². The molecule has 0 fully saturated rings. The monoisotopic (exact) mass is 502 g/mol. The largest absolute Gasteiger partial charge is 0.492 e. The Hall–Kier alpha value is -4.24. The second-order valence-electron chi connectivity index (χ2n) is 8.14. The standard InChI is InChI=1S/C28H30N4O5/c1-4-36-25(28(33)34-2)19-20-5-8-23(9-6-20)37-18-17-32-16-13-22-7-10-24(30-27(22)32)26(31-35-3)21-11-14-29-15-12-21/h5-16,25H,4,17-19H2,1-3H3. The first-order valence-electron chi connectivity index (χ1n) is 12.0. The number of fused-ring (bicyclic) bond motifs is 1. The molecule has 0 bridgehead atoms. The van der Waals surface area contributed by atoms with Crippen molar-refractivity contribution in [2.75, 3.05) is 27.4 Å². The molecule has 4 aromatic rings. The fourth-order valence-corrected chi connectivity index (χ4v) is 3.96. The summed E-state index contributed by atoms with van der Waals surface area (Å²) in [6, 6.07) is 17.4. The topological polar surface area (TPSA) is 97.1 Å². The van der Waals surface area contributed by atoms with Gasteiger partial charge in [-0.25, -0.2) is 9.78 Å². The van der Waals surface area contributed by atoms with Crippen molar-refractivity contribution >= 4 is 22.7 Å². The van der Waals surface area contributed by atoms with E-state index in [0.717, 1.165) is 27.9 Å². The number of esters is 1. The molecule has 0 aliphatic carbocycles. The maximum atomic E-state index is 11.9. The summed E-state index contributed by atoms with van der Waals surface area (Å²) in [5, 5.41) is 5.22. The molecule has 1 atom stereocenters. The average molecular weight is 503 g/mol. The highest BCUT2D eigenvalue weighted by atomic mass is 16.6. The molecule has 1 aromatic carbocycles. The van der Waals surface area contributed by atoms with Gasteiger partial charge in [0.05, 0.1) is 19.3 Å². The Balaban J connectivity index is 1.41. The van der Waals surface area contributed by atoms with Gasteiger partial charge in [0.2, 0.25) is 0 Å². The van der Waals surface area contributed by atoms with Crippen molar-refractivity contribution in [2.24, 2.45) is 5.16 Å². The van der Waals surface area contributed by atoms with Crippen LogP contribution >= 0.6 is 0 Å². The first-order chi connectivity index (χ1) is 18.1. The van der Waals surface area contributed by atoms with E-state index in [1.807, 2.05) is 72.3 Å². The third-order valence-electron chi connectivity index (χ3n) is 5.77. The molecule has 9 nitrogen and oxygen atoms in total. The number of oxime groups is 1. The predicted octanol–water partition coefficient (Wildman–Crippen LogP) is 4.03. The van der Waals surface area contributed by atoms with Crippen LogP contribution in [-0.4, -0.2) is 59.8 Å². The number of pyridine rings is 2. The zero-order valence-electron chi connectivity index (χ0n) is 21.2. The lowest BCUT2D eigenvalue weighted by Crippen LogP contribution is -2.28. The number of ether oxygens (including phenoxy) is 3. The molecule has 0 amide bonds. The quantitative estimate of drug-likeness (QED) is 0.164. The summed E-state index contributed by atoms with van der Waals surface area (Å²) < 4.78 is 18.3.